The standard InChI is InChI=1S/C21H29N3O3/c1-3-27-20(26)22-15-10-13-24(14-15)16-8-11-21(12-9-16)17-6-4-5-7-18(17)23(2)19(21)25/h4-7,15-16H,3,8-14H2,1-2H3,(H,22,26)/t15-,16?,21?/m0/s1. The van der Waals surface area contributed by atoms with Crippen LogP contribution in [0.1, 0.15) is 44.6 Å². The molecule has 1 spiro atoms. The van der Waals surface area contributed by atoms with Crippen LogP contribution in [0.15, 0.2) is 24.3 Å². The monoisotopic (exact) mass is 371 g/mol. The van der Waals surface area contributed by atoms with Gasteiger partial charge in [0.15, 0.2) is 0 Å². The lowest BCUT2D eigenvalue weighted by Crippen LogP contribution is -2.47. The summed E-state index contributed by atoms with van der Waals surface area (Å²) in [6, 6.07) is 8.90. The normalized spacial score (nSPS) is 30.6. The Balaban J connectivity index is 1.39. The minimum atomic E-state index is -0.329. The first-order valence-corrected chi connectivity index (χ1v) is 10.1. The predicted octanol–water partition coefficient (Wildman–Crippen LogP) is 2.66. The Morgan fingerprint density at radius 2 is 2.00 bits per heavy atom. The Morgan fingerprint density at radius 3 is 2.74 bits per heavy atom. The summed E-state index contributed by atoms with van der Waals surface area (Å²) >= 11 is 0. The molecule has 6 heteroatoms. The average molecular weight is 371 g/mol. The van der Waals surface area contributed by atoms with Crippen molar-refractivity contribution in [3.8, 4) is 0 Å². The van der Waals surface area contributed by atoms with E-state index < -0.39 is 0 Å². The maximum atomic E-state index is 13.1. The van der Waals surface area contributed by atoms with Crippen molar-refractivity contribution in [3.63, 3.8) is 0 Å². The molecular formula is C21H29N3O3. The van der Waals surface area contributed by atoms with E-state index in [0.717, 1.165) is 50.9 Å². The van der Waals surface area contributed by atoms with Crippen molar-refractivity contribution in [2.45, 2.75) is 56.5 Å². The second-order valence-electron chi connectivity index (χ2n) is 8.04. The molecule has 146 valence electrons. The molecular weight excluding hydrogens is 342 g/mol. The molecule has 27 heavy (non-hydrogen) atoms. The number of anilines is 1. The molecule has 2 aliphatic heterocycles. The highest BCUT2D eigenvalue weighted by Gasteiger charge is 2.51. The van der Waals surface area contributed by atoms with E-state index in [1.165, 1.54) is 5.56 Å². The van der Waals surface area contributed by atoms with Gasteiger partial charge in [-0.25, -0.2) is 4.79 Å². The van der Waals surface area contributed by atoms with E-state index in [0.29, 0.717) is 12.6 Å². The maximum Gasteiger partial charge on any atom is 0.407 e. The van der Waals surface area contributed by atoms with Crippen LogP contribution < -0.4 is 10.2 Å². The first-order valence-electron chi connectivity index (χ1n) is 10.1. The molecule has 1 saturated heterocycles. The lowest BCUT2D eigenvalue weighted by Gasteiger charge is -2.39. The third-order valence-electron chi connectivity index (χ3n) is 6.64. The topological polar surface area (TPSA) is 61.9 Å². The summed E-state index contributed by atoms with van der Waals surface area (Å²) in [6.45, 7) is 4.09. The van der Waals surface area contributed by atoms with E-state index in [1.54, 1.807) is 0 Å². The highest BCUT2D eigenvalue weighted by atomic mass is 16.5. The number of hydrogen-bond donors (Lipinski definition) is 1. The van der Waals surface area contributed by atoms with Gasteiger partial charge >= 0.3 is 6.09 Å². The van der Waals surface area contributed by atoms with E-state index >= 15 is 0 Å². The first kappa shape index (κ1) is 18.3. The van der Waals surface area contributed by atoms with Gasteiger partial charge in [0.1, 0.15) is 0 Å². The smallest absolute Gasteiger partial charge is 0.407 e. The van der Waals surface area contributed by atoms with Gasteiger partial charge < -0.3 is 15.0 Å². The summed E-state index contributed by atoms with van der Waals surface area (Å²) in [6.07, 6.45) is 4.52. The quantitative estimate of drug-likeness (QED) is 0.887. The number of nitrogens with one attached hydrogen (secondary N) is 1. The third-order valence-corrected chi connectivity index (χ3v) is 6.64. The molecule has 4 rings (SSSR count). The molecule has 2 heterocycles. The van der Waals surface area contributed by atoms with E-state index in [-0.39, 0.29) is 23.5 Å². The number of para-hydroxylation sites is 1. The van der Waals surface area contributed by atoms with Crippen LogP contribution in [0.4, 0.5) is 10.5 Å². The molecule has 0 bridgehead atoms. The summed E-state index contributed by atoms with van der Waals surface area (Å²) in [5.74, 6) is 0.255. The van der Waals surface area contributed by atoms with Crippen molar-refractivity contribution < 1.29 is 14.3 Å². The number of ether oxygens (including phenoxy) is 1. The Morgan fingerprint density at radius 1 is 1.26 bits per heavy atom. The van der Waals surface area contributed by atoms with Gasteiger partial charge in [-0.15, -0.1) is 0 Å². The molecule has 0 unspecified atom stereocenters. The number of likely N-dealkylation sites (tertiary alicyclic amines) is 1. The van der Waals surface area contributed by atoms with Gasteiger partial charge in [-0.3, -0.25) is 9.69 Å². The van der Waals surface area contributed by atoms with Crippen LogP contribution in [0.3, 0.4) is 0 Å². The summed E-state index contributed by atoms with van der Waals surface area (Å²) in [5, 5.41) is 2.96. The van der Waals surface area contributed by atoms with Crippen molar-refractivity contribution in [2.75, 3.05) is 31.6 Å². The number of nitrogens with zero attached hydrogens (tertiary/aromatic N) is 2. The van der Waals surface area contributed by atoms with Gasteiger partial charge in [-0.2, -0.15) is 0 Å². The van der Waals surface area contributed by atoms with Crippen molar-refractivity contribution in [1.29, 1.82) is 0 Å². The fourth-order valence-electron chi connectivity index (χ4n) is 5.24. The summed E-state index contributed by atoms with van der Waals surface area (Å²) < 4.78 is 4.99. The molecule has 0 aromatic heterocycles. The molecule has 1 aromatic carbocycles. The number of amides is 2. The third kappa shape index (κ3) is 3.10. The van der Waals surface area contributed by atoms with Gasteiger partial charge in [-0.1, -0.05) is 18.2 Å². The predicted molar refractivity (Wildman–Crippen MR) is 104 cm³/mol. The molecule has 2 amide bonds. The van der Waals surface area contributed by atoms with E-state index in [9.17, 15) is 9.59 Å². The Labute approximate surface area is 160 Å². The fourth-order valence-corrected chi connectivity index (χ4v) is 5.24. The zero-order valence-corrected chi connectivity index (χ0v) is 16.2. The molecule has 3 aliphatic rings. The van der Waals surface area contributed by atoms with Gasteiger partial charge in [0.05, 0.1) is 12.0 Å². The fraction of sp³-hybridized carbons (Fsp3) is 0.619. The zero-order valence-electron chi connectivity index (χ0n) is 16.2. The van der Waals surface area contributed by atoms with Crippen LogP contribution in [-0.2, 0) is 14.9 Å². The van der Waals surface area contributed by atoms with Crippen LogP contribution in [-0.4, -0.2) is 55.7 Å². The van der Waals surface area contributed by atoms with E-state index in [2.05, 4.69) is 22.3 Å². The Hall–Kier alpha value is -2.08. The number of likely N-dealkylation sites (N-methyl/N-ethyl adjacent to an activating group) is 1. The number of carbonyl (C=O) groups is 2. The average Bonchev–Trinajstić information content (AvgIpc) is 3.22. The SMILES string of the molecule is CCOC(=O)N[C@H]1CCN(C2CCC3(CC2)C(=O)N(C)c2ccccc23)C1. The van der Waals surface area contributed by atoms with Crippen molar-refractivity contribution in [3.05, 3.63) is 29.8 Å². The molecule has 1 aliphatic carbocycles. The molecule has 6 nitrogen and oxygen atoms in total. The van der Waals surface area contributed by atoms with Gasteiger partial charge in [0.25, 0.3) is 0 Å². The molecule has 1 N–H and O–H groups in total. The van der Waals surface area contributed by atoms with Crippen LogP contribution in [0, 0.1) is 0 Å². The van der Waals surface area contributed by atoms with Gasteiger partial charge in [0, 0.05) is 37.9 Å². The number of hydrogen-bond acceptors (Lipinski definition) is 4. The highest BCUT2D eigenvalue weighted by molar-refractivity contribution is 6.07. The molecule has 1 aromatic rings. The Kier molecular flexibility index (Phi) is 4.84. The Bertz CT molecular complexity index is 727. The maximum absolute atomic E-state index is 13.1. The summed E-state index contributed by atoms with van der Waals surface area (Å²) in [5.41, 5.74) is 1.95. The second kappa shape index (κ2) is 7.15. The van der Waals surface area contributed by atoms with Crippen LogP contribution in [0.2, 0.25) is 0 Å². The number of alkyl carbamates (subject to hydrolysis) is 1. The molecule has 1 atom stereocenters. The molecule has 0 radical (unpaired) electrons. The zero-order chi connectivity index (χ0) is 19.0. The lowest BCUT2D eigenvalue weighted by molar-refractivity contribution is -0.124. The van der Waals surface area contributed by atoms with Crippen LogP contribution in [0.5, 0.6) is 0 Å². The largest absolute Gasteiger partial charge is 0.450 e. The summed E-state index contributed by atoms with van der Waals surface area (Å²) in [7, 11) is 1.90. The minimum Gasteiger partial charge on any atom is -0.450 e. The van der Waals surface area contributed by atoms with Gasteiger partial charge in [-0.05, 0) is 50.7 Å². The minimum absolute atomic E-state index is 0.167. The van der Waals surface area contributed by atoms with Crippen molar-refractivity contribution in [2.24, 2.45) is 0 Å². The van der Waals surface area contributed by atoms with Crippen LogP contribution in [0.25, 0.3) is 0 Å². The first-order chi connectivity index (χ1) is 13.0. The van der Waals surface area contributed by atoms with Crippen LogP contribution >= 0.6 is 0 Å². The summed E-state index contributed by atoms with van der Waals surface area (Å²) in [4.78, 5) is 29.0. The highest BCUT2D eigenvalue weighted by Crippen LogP contribution is 2.50. The van der Waals surface area contributed by atoms with Crippen molar-refractivity contribution in [1.82, 2.24) is 10.2 Å². The second-order valence-corrected chi connectivity index (χ2v) is 8.04. The molecule has 1 saturated carbocycles. The lowest BCUT2D eigenvalue weighted by atomic mass is 9.68. The molecule has 2 fully saturated rings. The van der Waals surface area contributed by atoms with E-state index in [1.807, 2.05) is 31.0 Å². The number of fused-ring (bicyclic) bond motifs is 2. The number of carbonyl (C=O) groups excluding carboxylic acids is 2. The number of benzene rings is 1. The van der Waals surface area contributed by atoms with Crippen molar-refractivity contribution >= 4 is 17.7 Å². The van der Waals surface area contributed by atoms with Gasteiger partial charge in [0.2, 0.25) is 5.91 Å². The number of rotatable bonds is 3. The van der Waals surface area contributed by atoms with E-state index in [4.69, 9.17) is 4.74 Å².